The Hall–Kier alpha value is -0.570. The van der Waals surface area contributed by atoms with E-state index < -0.39 is 5.97 Å². The number of esters is 1. The number of rotatable bonds is 8. The van der Waals surface area contributed by atoms with E-state index in [9.17, 15) is 9.59 Å². The Bertz CT molecular complexity index is 180. The molecule has 0 aromatic rings. The number of alkyl halides is 1. The predicted molar refractivity (Wildman–Crippen MR) is 55.4 cm³/mol. The summed E-state index contributed by atoms with van der Waals surface area (Å²) in [5.41, 5.74) is 0. The van der Waals surface area contributed by atoms with Crippen LogP contribution in [0.2, 0.25) is 0 Å². The van der Waals surface area contributed by atoms with Crippen LogP contribution >= 0.6 is 11.6 Å². The second kappa shape index (κ2) is 9.00. The van der Waals surface area contributed by atoms with Crippen molar-refractivity contribution in [2.45, 2.75) is 39.0 Å². The third-order valence-electron chi connectivity index (χ3n) is 1.74. The summed E-state index contributed by atoms with van der Waals surface area (Å²) in [6.07, 6.45) is 3.04. The van der Waals surface area contributed by atoms with Gasteiger partial charge in [-0.3, -0.25) is 9.59 Å². The van der Waals surface area contributed by atoms with Crippen LogP contribution in [0.4, 0.5) is 0 Å². The summed E-state index contributed by atoms with van der Waals surface area (Å²) in [5, 5.41) is 0. The molecule has 0 saturated carbocycles. The van der Waals surface area contributed by atoms with Crippen molar-refractivity contribution in [2.75, 3.05) is 12.5 Å². The third-order valence-corrected chi connectivity index (χ3v) is 2.00. The molecule has 0 rings (SSSR count). The lowest BCUT2D eigenvalue weighted by Gasteiger charge is -2.00. The van der Waals surface area contributed by atoms with Gasteiger partial charge in [0.2, 0.25) is 0 Å². The first-order valence-corrected chi connectivity index (χ1v) is 5.47. The predicted octanol–water partition coefficient (Wildman–Crippen LogP) is 2.31. The number of halogens is 1. The van der Waals surface area contributed by atoms with Gasteiger partial charge in [0.25, 0.3) is 0 Å². The maximum Gasteiger partial charge on any atom is 0.313 e. The van der Waals surface area contributed by atoms with Crippen LogP contribution in [0.1, 0.15) is 39.0 Å². The largest absolute Gasteiger partial charge is 0.466 e. The Morgan fingerprint density at radius 2 is 1.93 bits per heavy atom. The Balaban J connectivity index is 3.40. The number of ketones is 1. The molecule has 0 heterocycles. The zero-order valence-electron chi connectivity index (χ0n) is 8.55. The topological polar surface area (TPSA) is 43.4 Å². The number of hydrogen-bond donors (Lipinski definition) is 0. The summed E-state index contributed by atoms with van der Waals surface area (Å²) in [5.74, 6) is 0.166. The molecule has 0 aliphatic carbocycles. The molecular weight excluding hydrogens is 204 g/mol. The lowest BCUT2D eigenvalue weighted by molar-refractivity contribution is -0.145. The van der Waals surface area contributed by atoms with Crippen molar-refractivity contribution in [3.05, 3.63) is 0 Å². The average Bonchev–Trinajstić information content (AvgIpc) is 2.13. The van der Waals surface area contributed by atoms with Crippen LogP contribution in [0, 0.1) is 0 Å². The summed E-state index contributed by atoms with van der Waals surface area (Å²) < 4.78 is 4.66. The van der Waals surface area contributed by atoms with E-state index in [1.54, 1.807) is 6.92 Å². The summed E-state index contributed by atoms with van der Waals surface area (Å²) in [6, 6.07) is 0. The number of Topliss-reactive ketones (excluding diaryl/α,β-unsaturated/α-hetero) is 1. The van der Waals surface area contributed by atoms with E-state index >= 15 is 0 Å². The highest BCUT2D eigenvalue weighted by Gasteiger charge is 2.09. The fraction of sp³-hybridized carbons (Fsp3) is 0.800. The van der Waals surface area contributed by atoms with Gasteiger partial charge in [-0.05, 0) is 19.8 Å². The quantitative estimate of drug-likeness (QED) is 0.273. The van der Waals surface area contributed by atoms with Crippen LogP contribution in [-0.2, 0) is 14.3 Å². The molecule has 0 unspecified atom stereocenters. The number of ether oxygens (including phenoxy) is 1. The number of carbonyl (C=O) groups is 2. The van der Waals surface area contributed by atoms with Crippen molar-refractivity contribution < 1.29 is 14.3 Å². The normalized spacial score (nSPS) is 9.86. The van der Waals surface area contributed by atoms with Crippen LogP contribution in [0.5, 0.6) is 0 Å². The molecule has 0 aliphatic rings. The first-order valence-electron chi connectivity index (χ1n) is 4.94. The lowest BCUT2D eigenvalue weighted by Crippen LogP contribution is -2.10. The summed E-state index contributed by atoms with van der Waals surface area (Å²) in [7, 11) is 0. The number of carbonyl (C=O) groups excluding carboxylic acids is 2. The van der Waals surface area contributed by atoms with Gasteiger partial charge in [-0.2, -0.15) is 0 Å². The molecule has 0 aliphatic heterocycles. The molecule has 0 radical (unpaired) electrons. The van der Waals surface area contributed by atoms with Crippen molar-refractivity contribution in [1.29, 1.82) is 0 Å². The molecule has 0 N–H and O–H groups in total. The van der Waals surface area contributed by atoms with E-state index in [0.29, 0.717) is 18.9 Å². The molecule has 0 amide bonds. The number of unbranched alkanes of at least 4 members (excludes halogenated alkanes) is 2. The molecule has 4 heteroatoms. The smallest absolute Gasteiger partial charge is 0.313 e. The van der Waals surface area contributed by atoms with Crippen LogP contribution in [0.25, 0.3) is 0 Å². The second-order valence-corrected chi connectivity index (χ2v) is 3.40. The minimum atomic E-state index is -0.421. The van der Waals surface area contributed by atoms with Crippen molar-refractivity contribution in [3.63, 3.8) is 0 Å². The van der Waals surface area contributed by atoms with Crippen molar-refractivity contribution >= 4 is 23.4 Å². The van der Waals surface area contributed by atoms with Crippen LogP contribution < -0.4 is 0 Å². The maximum absolute atomic E-state index is 11.2. The summed E-state index contributed by atoms with van der Waals surface area (Å²) in [6.45, 7) is 2.06. The highest BCUT2D eigenvalue weighted by molar-refractivity contribution is 6.17. The van der Waals surface area contributed by atoms with Gasteiger partial charge in [0.05, 0.1) is 6.61 Å². The summed E-state index contributed by atoms with van der Waals surface area (Å²) >= 11 is 5.48. The average molecular weight is 221 g/mol. The fourth-order valence-corrected chi connectivity index (χ4v) is 1.24. The van der Waals surface area contributed by atoms with Gasteiger partial charge in [-0.15, -0.1) is 11.6 Å². The van der Waals surface area contributed by atoms with Gasteiger partial charge in [0, 0.05) is 12.3 Å². The van der Waals surface area contributed by atoms with E-state index in [1.807, 2.05) is 0 Å². The minimum Gasteiger partial charge on any atom is -0.466 e. The van der Waals surface area contributed by atoms with Gasteiger partial charge in [0.1, 0.15) is 12.2 Å². The Morgan fingerprint density at radius 1 is 1.21 bits per heavy atom. The van der Waals surface area contributed by atoms with Crippen molar-refractivity contribution in [3.8, 4) is 0 Å². The van der Waals surface area contributed by atoms with Gasteiger partial charge in [-0.1, -0.05) is 6.42 Å². The molecule has 82 valence electrons. The van der Waals surface area contributed by atoms with E-state index in [-0.39, 0.29) is 12.2 Å². The Morgan fingerprint density at radius 3 is 2.50 bits per heavy atom. The maximum atomic E-state index is 11.2. The van der Waals surface area contributed by atoms with E-state index in [2.05, 4.69) is 4.74 Å². The molecule has 0 bridgehead atoms. The molecule has 0 aromatic heterocycles. The first kappa shape index (κ1) is 13.4. The van der Waals surface area contributed by atoms with Crippen molar-refractivity contribution in [2.24, 2.45) is 0 Å². The standard InChI is InChI=1S/C10H17ClO3/c1-2-14-10(13)8-9(12)6-4-3-5-7-11/h2-8H2,1H3. The van der Waals surface area contributed by atoms with Gasteiger partial charge >= 0.3 is 5.97 Å². The van der Waals surface area contributed by atoms with E-state index in [1.165, 1.54) is 0 Å². The molecule has 0 spiro atoms. The van der Waals surface area contributed by atoms with E-state index in [4.69, 9.17) is 11.6 Å². The minimum absolute atomic E-state index is 0.0435. The van der Waals surface area contributed by atoms with Gasteiger partial charge in [-0.25, -0.2) is 0 Å². The van der Waals surface area contributed by atoms with Gasteiger partial charge < -0.3 is 4.74 Å². The highest BCUT2D eigenvalue weighted by atomic mass is 35.5. The van der Waals surface area contributed by atoms with E-state index in [0.717, 1.165) is 19.3 Å². The highest BCUT2D eigenvalue weighted by Crippen LogP contribution is 2.04. The zero-order chi connectivity index (χ0) is 10.8. The molecular formula is C10H17ClO3. The molecule has 0 atom stereocenters. The lowest BCUT2D eigenvalue weighted by atomic mass is 10.1. The third kappa shape index (κ3) is 8.05. The molecule has 0 fully saturated rings. The summed E-state index contributed by atoms with van der Waals surface area (Å²) in [4.78, 5) is 22.0. The molecule has 0 aromatic carbocycles. The molecule has 3 nitrogen and oxygen atoms in total. The van der Waals surface area contributed by atoms with Gasteiger partial charge in [0.15, 0.2) is 0 Å². The Kier molecular flexibility index (Phi) is 8.64. The fourth-order valence-electron chi connectivity index (χ4n) is 1.05. The number of hydrogen-bond acceptors (Lipinski definition) is 3. The van der Waals surface area contributed by atoms with Crippen LogP contribution in [0.3, 0.4) is 0 Å². The zero-order valence-corrected chi connectivity index (χ0v) is 9.31. The molecule has 0 saturated heterocycles. The Labute approximate surface area is 89.8 Å². The molecule has 14 heavy (non-hydrogen) atoms. The van der Waals surface area contributed by atoms with Crippen molar-refractivity contribution in [1.82, 2.24) is 0 Å². The van der Waals surface area contributed by atoms with Crippen LogP contribution in [0.15, 0.2) is 0 Å². The SMILES string of the molecule is CCOC(=O)CC(=O)CCCCCCl. The monoisotopic (exact) mass is 220 g/mol. The second-order valence-electron chi connectivity index (χ2n) is 3.02. The first-order chi connectivity index (χ1) is 6.70. The van der Waals surface area contributed by atoms with Crippen LogP contribution in [-0.4, -0.2) is 24.2 Å².